The van der Waals surface area contributed by atoms with Gasteiger partial charge in [0.2, 0.25) is 0 Å². The molecule has 0 fully saturated rings. The Morgan fingerprint density at radius 1 is 1.23 bits per heavy atom. The molecule has 0 N–H and O–H groups in total. The molecular weight excluding hydrogens is 176 g/mol. The maximum absolute atomic E-state index is 10.7. The summed E-state index contributed by atoms with van der Waals surface area (Å²) >= 11 is 0. The van der Waals surface area contributed by atoms with Crippen LogP contribution in [0.25, 0.3) is 0 Å². The summed E-state index contributed by atoms with van der Waals surface area (Å²) in [5, 5.41) is 1.35. The number of aldehydes is 1. The van der Waals surface area contributed by atoms with Gasteiger partial charge in [-0.3, -0.25) is 4.79 Å². The van der Waals surface area contributed by atoms with Gasteiger partial charge in [0.1, 0.15) is 6.29 Å². The highest BCUT2D eigenvalue weighted by atomic mass is 28.3. The summed E-state index contributed by atoms with van der Waals surface area (Å²) in [5.41, 5.74) is 1.90. The highest BCUT2D eigenvalue weighted by Gasteiger charge is 2.16. The van der Waals surface area contributed by atoms with E-state index in [-0.39, 0.29) is 0 Å². The molecule has 13 heavy (non-hydrogen) atoms. The summed E-state index contributed by atoms with van der Waals surface area (Å²) in [6.07, 6.45) is 0.943. The van der Waals surface area contributed by atoms with E-state index in [2.05, 4.69) is 25.7 Å². The van der Waals surface area contributed by atoms with Crippen LogP contribution >= 0.6 is 0 Å². The highest BCUT2D eigenvalue weighted by molar-refractivity contribution is 6.88. The third-order valence-corrected chi connectivity index (χ3v) is 4.32. The predicted molar refractivity (Wildman–Crippen MR) is 59.5 cm³/mol. The van der Waals surface area contributed by atoms with Gasteiger partial charge in [0.05, 0.1) is 8.07 Å². The van der Waals surface area contributed by atoms with E-state index in [0.717, 1.165) is 17.4 Å². The molecule has 1 aromatic carbocycles. The van der Waals surface area contributed by atoms with Crippen LogP contribution in [0.3, 0.4) is 0 Å². The predicted octanol–water partition coefficient (Wildman–Crippen LogP) is 2.35. The first kappa shape index (κ1) is 10.2. The topological polar surface area (TPSA) is 17.1 Å². The molecule has 0 saturated heterocycles. The van der Waals surface area contributed by atoms with Crippen molar-refractivity contribution in [2.75, 3.05) is 0 Å². The van der Waals surface area contributed by atoms with Gasteiger partial charge in [-0.2, -0.15) is 0 Å². The van der Waals surface area contributed by atoms with Gasteiger partial charge in [-0.1, -0.05) is 43.0 Å². The zero-order chi connectivity index (χ0) is 10.1. The van der Waals surface area contributed by atoms with Gasteiger partial charge in [-0.25, -0.2) is 0 Å². The third-order valence-electron chi connectivity index (χ3n) is 2.27. The lowest BCUT2D eigenvalue weighted by atomic mass is 10.1. The standard InChI is InChI=1S/C11H16OSi/c1-9-5-6-11(13(2,3)4)7-10(9)8-12/h5-8H,1-4H3. The van der Waals surface area contributed by atoms with Gasteiger partial charge in [-0.05, 0) is 12.5 Å². The minimum atomic E-state index is -1.26. The summed E-state index contributed by atoms with van der Waals surface area (Å²) < 4.78 is 0. The smallest absolute Gasteiger partial charge is 0.150 e. The van der Waals surface area contributed by atoms with E-state index < -0.39 is 8.07 Å². The number of aryl methyl sites for hydroxylation is 1. The van der Waals surface area contributed by atoms with E-state index in [0.29, 0.717) is 0 Å². The van der Waals surface area contributed by atoms with Crippen LogP contribution in [0.1, 0.15) is 15.9 Å². The van der Waals surface area contributed by atoms with Crippen LogP contribution in [0.15, 0.2) is 18.2 Å². The van der Waals surface area contributed by atoms with E-state index in [4.69, 9.17) is 0 Å². The molecular formula is C11H16OSi. The van der Waals surface area contributed by atoms with Crippen LogP contribution < -0.4 is 5.19 Å². The molecule has 0 saturated carbocycles. The summed E-state index contributed by atoms with van der Waals surface area (Å²) in [6, 6.07) is 6.22. The molecule has 0 aliphatic carbocycles. The zero-order valence-electron chi connectivity index (χ0n) is 8.72. The quantitative estimate of drug-likeness (QED) is 0.519. The number of hydrogen-bond acceptors (Lipinski definition) is 1. The monoisotopic (exact) mass is 192 g/mol. The second-order valence-corrected chi connectivity index (χ2v) is 9.52. The zero-order valence-corrected chi connectivity index (χ0v) is 9.72. The van der Waals surface area contributed by atoms with Gasteiger partial charge in [0, 0.05) is 5.56 Å². The third kappa shape index (κ3) is 2.28. The first-order valence-corrected chi connectivity index (χ1v) is 8.01. The number of carbonyl (C=O) groups excluding carboxylic acids is 1. The minimum absolute atomic E-state index is 0.833. The molecule has 0 atom stereocenters. The van der Waals surface area contributed by atoms with E-state index >= 15 is 0 Å². The Hall–Kier alpha value is -0.893. The Morgan fingerprint density at radius 3 is 2.31 bits per heavy atom. The second kappa shape index (κ2) is 3.46. The average Bonchev–Trinajstić information content (AvgIpc) is 2.03. The molecule has 2 heteroatoms. The summed E-state index contributed by atoms with van der Waals surface area (Å²) in [7, 11) is -1.26. The molecule has 0 radical (unpaired) electrons. The minimum Gasteiger partial charge on any atom is -0.298 e. The number of carbonyl (C=O) groups is 1. The number of rotatable bonds is 2. The molecule has 0 bridgehead atoms. The highest BCUT2D eigenvalue weighted by Crippen LogP contribution is 2.07. The molecule has 1 aromatic rings. The summed E-state index contributed by atoms with van der Waals surface area (Å²) in [5.74, 6) is 0. The molecule has 0 heterocycles. The van der Waals surface area contributed by atoms with Gasteiger partial charge in [-0.15, -0.1) is 0 Å². The molecule has 0 aliphatic rings. The van der Waals surface area contributed by atoms with Gasteiger partial charge in [0.25, 0.3) is 0 Å². The lowest BCUT2D eigenvalue weighted by molar-refractivity contribution is 0.112. The van der Waals surface area contributed by atoms with Gasteiger partial charge < -0.3 is 0 Å². The molecule has 0 aliphatic heterocycles. The molecule has 0 unspecified atom stereocenters. The Labute approximate surface area is 80.8 Å². The SMILES string of the molecule is Cc1ccc([Si](C)(C)C)cc1C=O. The fourth-order valence-corrected chi connectivity index (χ4v) is 2.41. The largest absolute Gasteiger partial charge is 0.298 e. The second-order valence-electron chi connectivity index (χ2n) is 4.44. The summed E-state index contributed by atoms with van der Waals surface area (Å²) in [4.78, 5) is 10.7. The van der Waals surface area contributed by atoms with Crippen molar-refractivity contribution in [2.24, 2.45) is 0 Å². The van der Waals surface area contributed by atoms with E-state index in [1.807, 2.05) is 19.1 Å². The lowest BCUT2D eigenvalue weighted by Crippen LogP contribution is -2.37. The lowest BCUT2D eigenvalue weighted by Gasteiger charge is -2.17. The van der Waals surface area contributed by atoms with Crippen molar-refractivity contribution >= 4 is 19.5 Å². The Bertz CT molecular complexity index is 323. The number of hydrogen-bond donors (Lipinski definition) is 0. The molecule has 1 rings (SSSR count). The van der Waals surface area contributed by atoms with Crippen molar-refractivity contribution in [1.82, 2.24) is 0 Å². The Balaban J connectivity index is 3.21. The fraction of sp³-hybridized carbons (Fsp3) is 0.364. The molecule has 1 nitrogen and oxygen atoms in total. The van der Waals surface area contributed by atoms with Crippen molar-refractivity contribution in [3.05, 3.63) is 29.3 Å². The summed E-state index contributed by atoms with van der Waals surface area (Å²) in [6.45, 7) is 8.82. The van der Waals surface area contributed by atoms with Crippen molar-refractivity contribution < 1.29 is 4.79 Å². The average molecular weight is 192 g/mol. The Kier molecular flexibility index (Phi) is 2.71. The van der Waals surface area contributed by atoms with Crippen LogP contribution in [-0.4, -0.2) is 14.4 Å². The first-order valence-electron chi connectivity index (χ1n) is 4.51. The maximum Gasteiger partial charge on any atom is 0.150 e. The first-order chi connectivity index (χ1) is 5.95. The normalized spacial score (nSPS) is 11.4. The van der Waals surface area contributed by atoms with Crippen molar-refractivity contribution in [3.63, 3.8) is 0 Å². The van der Waals surface area contributed by atoms with Crippen molar-refractivity contribution in [1.29, 1.82) is 0 Å². The van der Waals surface area contributed by atoms with Crippen LogP contribution in [0.2, 0.25) is 19.6 Å². The fourth-order valence-electron chi connectivity index (χ4n) is 1.23. The molecule has 70 valence electrons. The molecule has 0 aromatic heterocycles. The van der Waals surface area contributed by atoms with E-state index in [1.165, 1.54) is 5.19 Å². The van der Waals surface area contributed by atoms with E-state index in [9.17, 15) is 4.79 Å². The van der Waals surface area contributed by atoms with Crippen LogP contribution in [0.4, 0.5) is 0 Å². The van der Waals surface area contributed by atoms with Crippen LogP contribution in [0, 0.1) is 6.92 Å². The van der Waals surface area contributed by atoms with Gasteiger partial charge in [0.15, 0.2) is 0 Å². The van der Waals surface area contributed by atoms with Gasteiger partial charge >= 0.3 is 0 Å². The molecule has 0 amide bonds. The van der Waals surface area contributed by atoms with E-state index in [1.54, 1.807) is 0 Å². The number of benzene rings is 1. The maximum atomic E-state index is 10.7. The Morgan fingerprint density at radius 2 is 1.85 bits per heavy atom. The van der Waals surface area contributed by atoms with Crippen LogP contribution in [0.5, 0.6) is 0 Å². The molecule has 0 spiro atoms. The van der Waals surface area contributed by atoms with Crippen LogP contribution in [-0.2, 0) is 0 Å². The van der Waals surface area contributed by atoms with Crippen molar-refractivity contribution in [2.45, 2.75) is 26.6 Å². The van der Waals surface area contributed by atoms with Crippen molar-refractivity contribution in [3.8, 4) is 0 Å².